The zero-order valence-electron chi connectivity index (χ0n) is 12.5. The summed E-state index contributed by atoms with van der Waals surface area (Å²) in [6.07, 6.45) is 7.13. The highest BCUT2D eigenvalue weighted by Crippen LogP contribution is 2.06. The number of allylic oxidation sites excluding steroid dienone is 4. The average molecular weight is 264 g/mol. The fraction of sp³-hybridized carbons (Fsp3) is 0.400. The Labute approximate surface area is 116 Å². The van der Waals surface area contributed by atoms with E-state index in [4.69, 9.17) is 9.78 Å². The maximum atomic E-state index is 5.13. The third-order valence-electron chi connectivity index (χ3n) is 2.11. The predicted octanol–water partition coefficient (Wildman–Crippen LogP) is 3.85. The molecule has 19 heavy (non-hydrogen) atoms. The van der Waals surface area contributed by atoms with Gasteiger partial charge in [0.1, 0.15) is 6.61 Å². The highest BCUT2D eigenvalue weighted by molar-refractivity contribution is 5.15. The van der Waals surface area contributed by atoms with Crippen LogP contribution in [0.3, 0.4) is 0 Å². The Morgan fingerprint density at radius 1 is 1.47 bits per heavy atom. The van der Waals surface area contributed by atoms with Gasteiger partial charge in [0.15, 0.2) is 5.76 Å². The largest absolute Gasteiger partial charge is 0.337 e. The van der Waals surface area contributed by atoms with E-state index in [9.17, 15) is 0 Å². The molecule has 0 N–H and O–H groups in total. The summed E-state index contributed by atoms with van der Waals surface area (Å²) in [7, 11) is 1.87. The van der Waals surface area contributed by atoms with Gasteiger partial charge in [-0.1, -0.05) is 32.6 Å². The lowest BCUT2D eigenvalue weighted by molar-refractivity contribution is -0.269. The molecule has 1 heterocycles. The monoisotopic (exact) mass is 264 g/mol. The highest BCUT2D eigenvalue weighted by atomic mass is 17.2. The van der Waals surface area contributed by atoms with Gasteiger partial charge in [0.25, 0.3) is 0 Å². The first-order chi connectivity index (χ1) is 9.17. The molecule has 106 valence electrons. The predicted molar refractivity (Wildman–Crippen MR) is 78.3 cm³/mol. The zero-order valence-corrected chi connectivity index (χ0v) is 12.5. The maximum absolute atomic E-state index is 5.13. The summed E-state index contributed by atoms with van der Waals surface area (Å²) in [5.41, 5.74) is 1.91. The van der Waals surface area contributed by atoms with Crippen molar-refractivity contribution >= 4 is 0 Å². The van der Waals surface area contributed by atoms with Crippen LogP contribution in [0.2, 0.25) is 0 Å². The van der Waals surface area contributed by atoms with Crippen LogP contribution in [-0.2, 0) is 23.4 Å². The van der Waals surface area contributed by atoms with E-state index in [1.165, 1.54) is 0 Å². The van der Waals surface area contributed by atoms with E-state index in [-0.39, 0.29) is 0 Å². The summed E-state index contributed by atoms with van der Waals surface area (Å²) >= 11 is 0. The van der Waals surface area contributed by atoms with Crippen molar-refractivity contribution in [3.63, 3.8) is 0 Å². The van der Waals surface area contributed by atoms with Crippen molar-refractivity contribution in [2.24, 2.45) is 7.05 Å². The van der Waals surface area contributed by atoms with Crippen LogP contribution in [0.15, 0.2) is 42.7 Å². The van der Waals surface area contributed by atoms with Gasteiger partial charge in [0.2, 0.25) is 0 Å². The summed E-state index contributed by atoms with van der Waals surface area (Å²) in [5.74, 6) is 0.571. The smallest absolute Gasteiger partial charge is 0.164 e. The molecule has 0 radical (unpaired) electrons. The number of aryl methyl sites for hydroxylation is 2. The van der Waals surface area contributed by atoms with Gasteiger partial charge in [-0.05, 0) is 32.1 Å². The molecule has 4 nitrogen and oxygen atoms in total. The fourth-order valence-corrected chi connectivity index (χ4v) is 1.28. The van der Waals surface area contributed by atoms with Crippen LogP contribution in [0, 0.1) is 6.92 Å². The molecule has 0 aliphatic carbocycles. The molecule has 4 heteroatoms. The van der Waals surface area contributed by atoms with Crippen LogP contribution in [0.1, 0.15) is 32.2 Å². The Balaban J connectivity index is 0.00000154. The van der Waals surface area contributed by atoms with E-state index in [1.807, 2.05) is 53.0 Å². The van der Waals surface area contributed by atoms with Crippen LogP contribution in [0.5, 0.6) is 0 Å². The third-order valence-corrected chi connectivity index (χ3v) is 2.11. The highest BCUT2D eigenvalue weighted by Gasteiger charge is 2.02. The van der Waals surface area contributed by atoms with Gasteiger partial charge < -0.3 is 4.89 Å². The van der Waals surface area contributed by atoms with Crippen LogP contribution in [0.25, 0.3) is 0 Å². The molecule has 0 aliphatic rings. The van der Waals surface area contributed by atoms with E-state index in [0.29, 0.717) is 12.4 Å². The number of nitrogens with zero attached hydrogens (tertiary/aromatic N) is 2. The second-order valence-corrected chi connectivity index (χ2v) is 3.55. The first kappa shape index (κ1) is 17.2. The van der Waals surface area contributed by atoms with Gasteiger partial charge >= 0.3 is 0 Å². The summed E-state index contributed by atoms with van der Waals surface area (Å²) < 4.78 is 1.77. The molecule has 1 aromatic heterocycles. The molecule has 0 unspecified atom stereocenters. The van der Waals surface area contributed by atoms with Crippen molar-refractivity contribution in [2.75, 3.05) is 0 Å². The average Bonchev–Trinajstić information content (AvgIpc) is 2.74. The van der Waals surface area contributed by atoms with Crippen LogP contribution < -0.4 is 0 Å². The Morgan fingerprint density at radius 2 is 2.16 bits per heavy atom. The van der Waals surface area contributed by atoms with E-state index in [2.05, 4.69) is 11.7 Å². The molecule has 0 saturated carbocycles. The Bertz CT molecular complexity index is 431. The van der Waals surface area contributed by atoms with Crippen molar-refractivity contribution in [3.8, 4) is 0 Å². The molecule has 0 aromatic carbocycles. The number of hydrogen-bond acceptors (Lipinski definition) is 3. The van der Waals surface area contributed by atoms with Crippen LogP contribution in [-0.4, -0.2) is 9.78 Å². The van der Waals surface area contributed by atoms with Gasteiger partial charge in [-0.3, -0.25) is 4.68 Å². The Hall–Kier alpha value is -1.81. The van der Waals surface area contributed by atoms with Gasteiger partial charge in [-0.15, -0.1) is 0 Å². The molecule has 0 bridgehead atoms. The Kier molecular flexibility index (Phi) is 9.18. The van der Waals surface area contributed by atoms with Gasteiger partial charge in [-0.25, -0.2) is 0 Å². The third kappa shape index (κ3) is 6.62. The minimum atomic E-state index is 0.346. The van der Waals surface area contributed by atoms with Gasteiger partial charge in [0.05, 0.1) is 11.4 Å². The number of rotatable bonds is 6. The van der Waals surface area contributed by atoms with E-state index < -0.39 is 0 Å². The van der Waals surface area contributed by atoms with E-state index >= 15 is 0 Å². The van der Waals surface area contributed by atoms with Gasteiger partial charge in [0, 0.05) is 7.05 Å². The minimum absolute atomic E-state index is 0.346. The summed E-state index contributed by atoms with van der Waals surface area (Å²) in [6, 6.07) is 1.95. The summed E-state index contributed by atoms with van der Waals surface area (Å²) in [4.78, 5) is 10.2. The van der Waals surface area contributed by atoms with Crippen molar-refractivity contribution in [2.45, 2.75) is 34.3 Å². The lowest BCUT2D eigenvalue weighted by atomic mass is 10.4. The quantitative estimate of drug-likeness (QED) is 0.339. The second kappa shape index (κ2) is 10.1. The SMILES string of the molecule is C=C/C(=C\C=C/C)OOCc1cc(C)nn1C.CC. The molecule has 0 atom stereocenters. The van der Waals surface area contributed by atoms with Crippen molar-refractivity contribution in [1.82, 2.24) is 9.78 Å². The Morgan fingerprint density at radius 3 is 2.63 bits per heavy atom. The summed E-state index contributed by atoms with van der Waals surface area (Å²) in [5, 5.41) is 4.21. The second-order valence-electron chi connectivity index (χ2n) is 3.55. The molecule has 0 saturated heterocycles. The minimum Gasteiger partial charge on any atom is -0.337 e. The first-order valence-corrected chi connectivity index (χ1v) is 6.41. The fourth-order valence-electron chi connectivity index (χ4n) is 1.28. The van der Waals surface area contributed by atoms with E-state index in [1.54, 1.807) is 16.8 Å². The van der Waals surface area contributed by atoms with Crippen molar-refractivity contribution in [1.29, 1.82) is 0 Å². The molecule has 0 aliphatic heterocycles. The standard InChI is InChI=1S/C13H18N2O2.C2H6/c1-5-7-8-13(6-2)17-16-10-12-9-11(3)14-15(12)4;1-2/h5-9H,2,10H2,1,3-4H3;1-2H3/b7-5-,13-8+;. The number of aromatic nitrogens is 2. The first-order valence-electron chi connectivity index (χ1n) is 6.41. The normalized spacial score (nSPS) is 11.1. The van der Waals surface area contributed by atoms with Crippen molar-refractivity contribution in [3.05, 3.63) is 54.1 Å². The maximum Gasteiger partial charge on any atom is 0.164 e. The number of hydrogen-bond donors (Lipinski definition) is 0. The zero-order chi connectivity index (χ0) is 14.7. The van der Waals surface area contributed by atoms with Crippen molar-refractivity contribution < 1.29 is 9.78 Å². The lowest BCUT2D eigenvalue weighted by Crippen LogP contribution is -2.01. The summed E-state index contributed by atoms with van der Waals surface area (Å²) in [6.45, 7) is 11.8. The molecule has 0 amide bonds. The van der Waals surface area contributed by atoms with Crippen LogP contribution >= 0.6 is 0 Å². The van der Waals surface area contributed by atoms with Gasteiger partial charge in [-0.2, -0.15) is 9.99 Å². The van der Waals surface area contributed by atoms with Crippen LogP contribution in [0.4, 0.5) is 0 Å². The lowest BCUT2D eigenvalue weighted by Gasteiger charge is -2.05. The molecule has 0 spiro atoms. The molecular formula is C15H24N2O2. The topological polar surface area (TPSA) is 36.3 Å². The molecule has 0 fully saturated rings. The molecule has 1 rings (SSSR count). The molecule has 1 aromatic rings. The van der Waals surface area contributed by atoms with E-state index in [0.717, 1.165) is 11.4 Å². The molecular weight excluding hydrogens is 240 g/mol.